The maximum absolute atomic E-state index is 12.1. The van der Waals surface area contributed by atoms with Crippen LogP contribution in [0.4, 0.5) is 0 Å². The largest absolute Gasteiger partial charge is 0.297 e. The molecule has 2 amide bonds. The Morgan fingerprint density at radius 3 is 2.42 bits per heavy atom. The van der Waals surface area contributed by atoms with Crippen LogP contribution in [0.2, 0.25) is 0 Å². The number of benzene rings is 1. The van der Waals surface area contributed by atoms with Crippen molar-refractivity contribution in [3.63, 3.8) is 0 Å². The summed E-state index contributed by atoms with van der Waals surface area (Å²) in [4.78, 5) is 27.9. The van der Waals surface area contributed by atoms with Crippen LogP contribution in [0.1, 0.15) is 31.4 Å². The smallest absolute Gasteiger partial charge is 0.255 e. The fraction of sp³-hybridized carbons (Fsp3) is 0.556. The van der Waals surface area contributed by atoms with Crippen molar-refractivity contribution in [2.24, 2.45) is 0 Å². The van der Waals surface area contributed by atoms with Crippen molar-refractivity contribution in [3.8, 4) is 0 Å². The zero-order valence-electron chi connectivity index (χ0n) is 14.8. The second-order valence-corrected chi connectivity index (χ2v) is 6.31. The average Bonchev–Trinajstić information content (AvgIpc) is 2.61. The normalized spacial score (nSPS) is 17.3. The first-order valence-corrected chi connectivity index (χ1v) is 8.61. The van der Waals surface area contributed by atoms with E-state index in [-0.39, 0.29) is 17.9 Å². The van der Waals surface area contributed by atoms with Crippen LogP contribution in [-0.4, -0.2) is 53.8 Å². The maximum Gasteiger partial charge on any atom is 0.255 e. The molecule has 6 heteroatoms. The van der Waals surface area contributed by atoms with Crippen molar-refractivity contribution >= 4 is 11.8 Å². The Balaban J connectivity index is 1.78. The van der Waals surface area contributed by atoms with Gasteiger partial charge in [0, 0.05) is 39.1 Å². The number of aryl methyl sites for hydroxylation is 1. The van der Waals surface area contributed by atoms with Crippen molar-refractivity contribution in [1.29, 1.82) is 0 Å². The van der Waals surface area contributed by atoms with E-state index >= 15 is 0 Å². The number of hydrazine groups is 1. The molecule has 1 aromatic rings. The summed E-state index contributed by atoms with van der Waals surface area (Å²) in [6, 6.07) is 8.21. The zero-order chi connectivity index (χ0) is 17.5. The van der Waals surface area contributed by atoms with Crippen LogP contribution in [0.3, 0.4) is 0 Å². The molecule has 1 fully saturated rings. The number of piperazine rings is 1. The molecule has 0 spiro atoms. The van der Waals surface area contributed by atoms with E-state index in [9.17, 15) is 9.59 Å². The SMILES string of the molecule is CCC(=O)NNC(=O)C(C)N1CCN(Cc2ccccc2C)CC1. The predicted molar refractivity (Wildman–Crippen MR) is 94.1 cm³/mol. The van der Waals surface area contributed by atoms with Gasteiger partial charge in [0.2, 0.25) is 5.91 Å². The molecule has 1 aliphatic heterocycles. The number of amides is 2. The van der Waals surface area contributed by atoms with Gasteiger partial charge in [0.1, 0.15) is 0 Å². The molecule has 0 aliphatic carbocycles. The topological polar surface area (TPSA) is 64.7 Å². The lowest BCUT2D eigenvalue weighted by Gasteiger charge is -2.37. The number of nitrogens with zero attached hydrogens (tertiary/aromatic N) is 2. The van der Waals surface area contributed by atoms with Gasteiger partial charge in [0.05, 0.1) is 6.04 Å². The minimum Gasteiger partial charge on any atom is -0.297 e. The molecule has 0 bridgehead atoms. The third-order valence-corrected chi connectivity index (χ3v) is 4.64. The fourth-order valence-electron chi connectivity index (χ4n) is 2.83. The van der Waals surface area contributed by atoms with E-state index in [1.165, 1.54) is 11.1 Å². The van der Waals surface area contributed by atoms with Crippen LogP contribution in [0.25, 0.3) is 0 Å². The molecule has 0 aromatic heterocycles. The van der Waals surface area contributed by atoms with Crippen LogP contribution in [0, 0.1) is 6.92 Å². The van der Waals surface area contributed by atoms with Crippen LogP contribution in [0.5, 0.6) is 0 Å². The van der Waals surface area contributed by atoms with E-state index in [1.807, 2.05) is 6.92 Å². The first-order chi connectivity index (χ1) is 11.5. The molecule has 0 saturated carbocycles. The van der Waals surface area contributed by atoms with Gasteiger partial charge in [-0.1, -0.05) is 31.2 Å². The second kappa shape index (κ2) is 8.80. The van der Waals surface area contributed by atoms with Crippen LogP contribution in [-0.2, 0) is 16.1 Å². The van der Waals surface area contributed by atoms with Gasteiger partial charge in [-0.3, -0.25) is 30.2 Å². The first-order valence-electron chi connectivity index (χ1n) is 8.61. The van der Waals surface area contributed by atoms with Crippen molar-refractivity contribution in [3.05, 3.63) is 35.4 Å². The molecule has 0 radical (unpaired) electrons. The van der Waals surface area contributed by atoms with Gasteiger partial charge in [0.15, 0.2) is 0 Å². The highest BCUT2D eigenvalue weighted by atomic mass is 16.2. The molecule has 1 atom stereocenters. The number of carbonyl (C=O) groups excluding carboxylic acids is 2. The number of hydrogen-bond donors (Lipinski definition) is 2. The van der Waals surface area contributed by atoms with Crippen molar-refractivity contribution < 1.29 is 9.59 Å². The van der Waals surface area contributed by atoms with Gasteiger partial charge in [-0.15, -0.1) is 0 Å². The van der Waals surface area contributed by atoms with Crippen LogP contribution in [0.15, 0.2) is 24.3 Å². The summed E-state index contributed by atoms with van der Waals surface area (Å²) in [5.74, 6) is -0.345. The van der Waals surface area contributed by atoms with E-state index in [1.54, 1.807) is 6.92 Å². The molecule has 1 aliphatic rings. The predicted octanol–water partition coefficient (Wildman–Crippen LogP) is 1.06. The number of hydrogen-bond acceptors (Lipinski definition) is 4. The molecule has 1 saturated heterocycles. The molecule has 1 heterocycles. The summed E-state index contributed by atoms with van der Waals surface area (Å²) < 4.78 is 0. The van der Waals surface area contributed by atoms with Crippen molar-refractivity contribution in [2.75, 3.05) is 26.2 Å². The Hall–Kier alpha value is -1.92. The maximum atomic E-state index is 12.1. The highest BCUT2D eigenvalue weighted by Gasteiger charge is 2.25. The first kappa shape index (κ1) is 18.4. The summed E-state index contributed by atoms with van der Waals surface area (Å²) in [6.45, 7) is 10.3. The number of nitrogens with one attached hydrogen (secondary N) is 2. The highest BCUT2D eigenvalue weighted by molar-refractivity contribution is 5.84. The summed E-state index contributed by atoms with van der Waals surface area (Å²) in [6.07, 6.45) is 0.353. The fourth-order valence-corrected chi connectivity index (χ4v) is 2.83. The average molecular weight is 332 g/mol. The van der Waals surface area contributed by atoms with E-state index < -0.39 is 0 Å². The monoisotopic (exact) mass is 332 g/mol. The van der Waals surface area contributed by atoms with Crippen LogP contribution >= 0.6 is 0 Å². The van der Waals surface area contributed by atoms with Gasteiger partial charge < -0.3 is 0 Å². The van der Waals surface area contributed by atoms with Gasteiger partial charge >= 0.3 is 0 Å². The Morgan fingerprint density at radius 2 is 1.79 bits per heavy atom. The van der Waals surface area contributed by atoms with Crippen molar-refractivity contribution in [1.82, 2.24) is 20.7 Å². The summed E-state index contributed by atoms with van der Waals surface area (Å²) in [5.41, 5.74) is 7.60. The second-order valence-electron chi connectivity index (χ2n) is 6.31. The van der Waals surface area contributed by atoms with E-state index in [2.05, 4.69) is 51.8 Å². The quantitative estimate of drug-likeness (QED) is 0.792. The molecule has 2 N–H and O–H groups in total. The minimum atomic E-state index is -0.247. The third-order valence-electron chi connectivity index (χ3n) is 4.64. The molecule has 6 nitrogen and oxygen atoms in total. The Bertz CT molecular complexity index is 568. The number of carbonyl (C=O) groups is 2. The molecule has 1 aromatic carbocycles. The lowest BCUT2D eigenvalue weighted by atomic mass is 10.1. The molecule has 132 valence electrons. The lowest BCUT2D eigenvalue weighted by Crippen LogP contribution is -2.56. The highest BCUT2D eigenvalue weighted by Crippen LogP contribution is 2.13. The van der Waals surface area contributed by atoms with Gasteiger partial charge in [-0.05, 0) is 25.0 Å². The van der Waals surface area contributed by atoms with Gasteiger partial charge in [-0.25, -0.2) is 0 Å². The van der Waals surface area contributed by atoms with Gasteiger partial charge in [0.25, 0.3) is 5.91 Å². The number of rotatable bonds is 5. The van der Waals surface area contributed by atoms with E-state index in [0.717, 1.165) is 32.7 Å². The molecule has 1 unspecified atom stereocenters. The third kappa shape index (κ3) is 5.04. The minimum absolute atomic E-state index is 0.163. The summed E-state index contributed by atoms with van der Waals surface area (Å²) in [7, 11) is 0. The Morgan fingerprint density at radius 1 is 1.12 bits per heavy atom. The van der Waals surface area contributed by atoms with Gasteiger partial charge in [-0.2, -0.15) is 0 Å². The van der Waals surface area contributed by atoms with Crippen LogP contribution < -0.4 is 10.9 Å². The standard InChI is InChI=1S/C18H28N4O2/c1-4-17(23)19-20-18(24)15(3)22-11-9-21(10-12-22)13-16-8-6-5-7-14(16)2/h5-8,15H,4,9-13H2,1-3H3,(H,19,23)(H,20,24). The Kier molecular flexibility index (Phi) is 6.75. The molecular weight excluding hydrogens is 304 g/mol. The van der Waals surface area contributed by atoms with Crippen molar-refractivity contribution in [2.45, 2.75) is 39.8 Å². The molecule has 24 heavy (non-hydrogen) atoms. The van der Waals surface area contributed by atoms with E-state index in [0.29, 0.717) is 6.42 Å². The summed E-state index contributed by atoms with van der Waals surface area (Å²) in [5, 5.41) is 0. The van der Waals surface area contributed by atoms with E-state index in [4.69, 9.17) is 0 Å². The Labute approximate surface area is 144 Å². The zero-order valence-corrected chi connectivity index (χ0v) is 14.8. The molecule has 2 rings (SSSR count). The summed E-state index contributed by atoms with van der Waals surface area (Å²) >= 11 is 0. The lowest BCUT2D eigenvalue weighted by molar-refractivity contribution is -0.132. The molecular formula is C18H28N4O2.